The average Bonchev–Trinajstić information content (AvgIpc) is 3.62. The summed E-state index contributed by atoms with van der Waals surface area (Å²) in [7, 11) is 4.71. The first-order valence-electron chi connectivity index (χ1n) is 17.4. The topological polar surface area (TPSA) is 148 Å². The molecule has 0 radical (unpaired) electrons. The van der Waals surface area contributed by atoms with Gasteiger partial charge in [0.2, 0.25) is 6.79 Å². The number of nitrogens with zero attached hydrogens (tertiary/aromatic N) is 1. The maximum absolute atomic E-state index is 14.6. The number of aryl methyl sites for hydroxylation is 1. The summed E-state index contributed by atoms with van der Waals surface area (Å²) in [6, 6.07) is 4.53. The molecule has 0 aromatic heterocycles. The van der Waals surface area contributed by atoms with E-state index in [9.17, 15) is 20.1 Å². The number of esters is 1. The van der Waals surface area contributed by atoms with E-state index in [1.54, 1.807) is 38.1 Å². The van der Waals surface area contributed by atoms with Gasteiger partial charge in [-0.1, -0.05) is 6.07 Å². The maximum Gasteiger partial charge on any atom is 0.331 e. The van der Waals surface area contributed by atoms with E-state index in [0.29, 0.717) is 54.4 Å². The molecule has 7 atom stereocenters. The Morgan fingerprint density at radius 3 is 2.51 bits per heavy atom. The van der Waals surface area contributed by atoms with Gasteiger partial charge in [0.1, 0.15) is 18.6 Å². The van der Waals surface area contributed by atoms with E-state index in [4.69, 9.17) is 28.4 Å². The fraction of sp³-hybridized carbons (Fsp3) is 0.500. The summed E-state index contributed by atoms with van der Waals surface area (Å²) in [5.74, 6) is 2.18. The molecule has 6 heterocycles. The summed E-state index contributed by atoms with van der Waals surface area (Å²) in [5.41, 5.74) is 5.49. The van der Waals surface area contributed by atoms with E-state index >= 15 is 0 Å². The molecular weight excluding hydrogens is 676 g/mol. The number of fused-ring (bicyclic) bond motifs is 9. The normalized spacial score (nSPS) is 30.1. The summed E-state index contributed by atoms with van der Waals surface area (Å²) >= 11 is 1.59. The summed E-state index contributed by atoms with van der Waals surface area (Å²) < 4.78 is 36.1. The van der Waals surface area contributed by atoms with Crippen molar-refractivity contribution in [2.75, 3.05) is 47.0 Å². The Labute approximate surface area is 299 Å². The molecule has 0 amide bonds. The molecule has 4 N–H and O–H groups in total. The van der Waals surface area contributed by atoms with Crippen LogP contribution >= 0.6 is 11.8 Å². The number of rotatable bonds is 3. The third-order valence-electron chi connectivity index (χ3n) is 12.1. The molecule has 270 valence electrons. The largest absolute Gasteiger partial charge is 0.504 e. The minimum absolute atomic E-state index is 0.0151. The van der Waals surface area contributed by atoms with Crippen LogP contribution in [-0.4, -0.2) is 85.5 Å². The highest BCUT2D eigenvalue weighted by atomic mass is 32.2. The first kappa shape index (κ1) is 32.8. The van der Waals surface area contributed by atoms with Gasteiger partial charge >= 0.3 is 5.97 Å². The molecule has 4 bridgehead atoms. The Kier molecular flexibility index (Phi) is 7.56. The molecule has 1 spiro atoms. The quantitative estimate of drug-likeness (QED) is 0.287. The Bertz CT molecular complexity index is 1990. The van der Waals surface area contributed by atoms with E-state index in [-0.39, 0.29) is 59.5 Å². The Morgan fingerprint density at radius 1 is 0.961 bits per heavy atom. The number of piperidine rings is 1. The Balaban J connectivity index is 1.29. The molecule has 3 aromatic rings. The number of aromatic hydroxyl groups is 2. The summed E-state index contributed by atoms with van der Waals surface area (Å²) in [5, 5.41) is 38.1. The zero-order valence-electron chi connectivity index (χ0n) is 29.2. The second kappa shape index (κ2) is 11.7. The number of methoxy groups -OCH3 is 3. The molecule has 2 unspecified atom stereocenters. The number of aliphatic hydroxyl groups excluding tert-OH is 1. The lowest BCUT2D eigenvalue weighted by Crippen LogP contribution is -2.63. The van der Waals surface area contributed by atoms with E-state index in [1.807, 2.05) is 13.8 Å². The zero-order valence-corrected chi connectivity index (χ0v) is 30.0. The number of hydrogen-bond acceptors (Lipinski definition) is 13. The minimum atomic E-state index is -1.26. The second-order valence-corrected chi connectivity index (χ2v) is 15.6. The van der Waals surface area contributed by atoms with Gasteiger partial charge in [0.25, 0.3) is 0 Å². The predicted molar refractivity (Wildman–Crippen MR) is 186 cm³/mol. The van der Waals surface area contributed by atoms with Crippen LogP contribution in [0.4, 0.5) is 0 Å². The standard InChI is InChI=1S/C38H42N2O10S/c1-16-8-19-9-20-10-21(26(19)30(42)31(16)46-4)29-35-28-27(34-33(49-15-50-34)17(2)32(28)47-5)23(40(29)36(20)43)13-48-37(44)38(14-51-35)22-12-25(45-3)24(41)11-18(22)6-7-39-38/h8,11-12,20-21,23,29,35-36,39,41-43H,6-7,9-10,13-15H2,1-5H3/t20?,21?,23-,29+,35+,36-,38-/m0/s1. The molecule has 6 aliphatic heterocycles. The van der Waals surface area contributed by atoms with Gasteiger partial charge in [-0.2, -0.15) is 0 Å². The van der Waals surface area contributed by atoms with Gasteiger partial charge in [-0.25, -0.2) is 4.79 Å². The molecule has 10 rings (SSSR count). The van der Waals surface area contributed by atoms with Crippen LogP contribution in [0.5, 0.6) is 40.2 Å². The fourth-order valence-corrected chi connectivity index (χ4v) is 11.8. The average molecular weight is 719 g/mol. The van der Waals surface area contributed by atoms with Gasteiger partial charge in [0.05, 0.1) is 32.6 Å². The highest BCUT2D eigenvalue weighted by Crippen LogP contribution is 2.65. The maximum atomic E-state index is 14.6. The van der Waals surface area contributed by atoms with Crippen molar-refractivity contribution in [2.45, 2.75) is 68.1 Å². The van der Waals surface area contributed by atoms with Crippen LogP contribution in [0.2, 0.25) is 0 Å². The minimum Gasteiger partial charge on any atom is -0.504 e. The molecule has 1 aliphatic carbocycles. The van der Waals surface area contributed by atoms with Crippen LogP contribution in [0.1, 0.15) is 68.1 Å². The molecule has 0 saturated carbocycles. The lowest BCUT2D eigenvalue weighted by molar-refractivity contribution is -0.167. The number of aliphatic hydroxyl groups is 1. The molecule has 2 fully saturated rings. The number of thioether (sulfide) groups is 1. The molecule has 51 heavy (non-hydrogen) atoms. The zero-order chi connectivity index (χ0) is 35.5. The van der Waals surface area contributed by atoms with Crippen molar-refractivity contribution in [3.8, 4) is 40.2 Å². The van der Waals surface area contributed by atoms with Crippen LogP contribution in [-0.2, 0) is 27.9 Å². The monoisotopic (exact) mass is 718 g/mol. The molecular formula is C38H42N2O10S. The SMILES string of the molecule is COc1cc2c(cc1O)CCN[C@@]21CS[C@@H]2c3c(OC)c(C)c4c(c3[C@H](COC1=O)N1[C@@H]2C2CC(Cc3cc(C)c(OC)c(O)c32)[C@@H]1O)OCO4. The van der Waals surface area contributed by atoms with Gasteiger partial charge in [-0.15, -0.1) is 11.8 Å². The van der Waals surface area contributed by atoms with E-state index in [0.717, 1.165) is 38.9 Å². The van der Waals surface area contributed by atoms with Crippen LogP contribution in [0.3, 0.4) is 0 Å². The first-order chi connectivity index (χ1) is 24.6. The van der Waals surface area contributed by atoms with Gasteiger partial charge in [-0.3, -0.25) is 10.2 Å². The fourth-order valence-electron chi connectivity index (χ4n) is 10.0. The van der Waals surface area contributed by atoms with Gasteiger partial charge in [0, 0.05) is 52.4 Å². The highest BCUT2D eigenvalue weighted by molar-refractivity contribution is 7.99. The third kappa shape index (κ3) is 4.41. The van der Waals surface area contributed by atoms with Crippen molar-refractivity contribution in [2.24, 2.45) is 5.92 Å². The number of carbonyl (C=O) groups excluding carboxylic acids is 1. The predicted octanol–water partition coefficient (Wildman–Crippen LogP) is 4.24. The second-order valence-electron chi connectivity index (χ2n) is 14.5. The van der Waals surface area contributed by atoms with Crippen molar-refractivity contribution in [3.05, 3.63) is 62.7 Å². The van der Waals surface area contributed by atoms with Gasteiger partial charge in [-0.05, 0) is 67.5 Å². The van der Waals surface area contributed by atoms with Gasteiger partial charge < -0.3 is 43.7 Å². The first-order valence-corrected chi connectivity index (χ1v) is 18.5. The van der Waals surface area contributed by atoms with Crippen LogP contribution in [0.15, 0.2) is 18.2 Å². The molecule has 12 nitrogen and oxygen atoms in total. The number of ether oxygens (including phenoxy) is 6. The summed E-state index contributed by atoms with van der Waals surface area (Å²) in [6.45, 7) is 4.34. The molecule has 13 heteroatoms. The van der Waals surface area contributed by atoms with E-state index in [1.165, 1.54) is 7.11 Å². The number of benzene rings is 3. The van der Waals surface area contributed by atoms with E-state index < -0.39 is 23.8 Å². The van der Waals surface area contributed by atoms with Crippen LogP contribution in [0, 0.1) is 19.8 Å². The van der Waals surface area contributed by atoms with Crippen molar-refractivity contribution in [1.82, 2.24) is 10.2 Å². The van der Waals surface area contributed by atoms with Crippen molar-refractivity contribution in [1.29, 1.82) is 0 Å². The molecule has 2 saturated heterocycles. The molecule has 7 aliphatic rings. The number of phenols is 2. The summed E-state index contributed by atoms with van der Waals surface area (Å²) in [4.78, 5) is 16.7. The van der Waals surface area contributed by atoms with Crippen LogP contribution in [0.25, 0.3) is 0 Å². The van der Waals surface area contributed by atoms with Crippen LogP contribution < -0.4 is 29.0 Å². The summed E-state index contributed by atoms with van der Waals surface area (Å²) in [6.07, 6.45) is 0.978. The lowest BCUT2D eigenvalue weighted by Gasteiger charge is -2.59. The highest BCUT2D eigenvalue weighted by Gasteiger charge is 2.59. The number of nitrogens with one attached hydrogen (secondary N) is 1. The Morgan fingerprint density at radius 2 is 1.75 bits per heavy atom. The number of carbonyl (C=O) groups is 1. The third-order valence-corrected chi connectivity index (χ3v) is 13.6. The number of phenolic OH excluding ortho intramolecular Hbond substituents is 2. The number of hydrogen-bond donors (Lipinski definition) is 4. The van der Waals surface area contributed by atoms with Crippen molar-refractivity contribution < 1.29 is 48.5 Å². The molecule has 3 aromatic carbocycles. The van der Waals surface area contributed by atoms with Crippen molar-refractivity contribution in [3.63, 3.8) is 0 Å². The van der Waals surface area contributed by atoms with Crippen molar-refractivity contribution >= 4 is 17.7 Å². The van der Waals surface area contributed by atoms with E-state index in [2.05, 4.69) is 16.3 Å². The van der Waals surface area contributed by atoms with Gasteiger partial charge in [0.15, 0.2) is 40.0 Å². The smallest absolute Gasteiger partial charge is 0.331 e. The lowest BCUT2D eigenvalue weighted by atomic mass is 9.65. The Hall–Kier alpha value is -4.04.